The highest BCUT2D eigenvalue weighted by Crippen LogP contribution is 2.21. The van der Waals surface area contributed by atoms with Crippen molar-refractivity contribution in [2.24, 2.45) is 12.0 Å². The van der Waals surface area contributed by atoms with Gasteiger partial charge in [0.1, 0.15) is 18.6 Å². The maximum Gasteiger partial charge on any atom is 0.191 e. The van der Waals surface area contributed by atoms with Crippen molar-refractivity contribution in [3.05, 3.63) is 42.0 Å². The van der Waals surface area contributed by atoms with Gasteiger partial charge in [-0.25, -0.2) is 4.99 Å². The maximum absolute atomic E-state index is 5.21. The largest absolute Gasteiger partial charge is 0.497 e. The van der Waals surface area contributed by atoms with Crippen LogP contribution < -0.4 is 15.4 Å². The minimum Gasteiger partial charge on any atom is -0.497 e. The zero-order valence-electron chi connectivity index (χ0n) is 15.5. The summed E-state index contributed by atoms with van der Waals surface area (Å²) < 4.78 is 7.08. The molecule has 1 heterocycles. The highest BCUT2D eigenvalue weighted by Gasteiger charge is 2.07. The first-order chi connectivity index (χ1) is 12.1. The molecule has 7 heteroatoms. The van der Waals surface area contributed by atoms with E-state index in [0.717, 1.165) is 37.0 Å². The number of aryl methyl sites for hydroxylation is 1. The SMILES string of the molecule is CCNC(=NCc1nncn1C)NCCC(C)c1ccc(OC)cc1. The Morgan fingerprint density at radius 3 is 2.64 bits per heavy atom. The highest BCUT2D eigenvalue weighted by molar-refractivity contribution is 5.79. The molecule has 1 atom stereocenters. The Bertz CT molecular complexity index is 664. The van der Waals surface area contributed by atoms with E-state index in [1.54, 1.807) is 13.4 Å². The number of aromatic nitrogens is 3. The first-order valence-corrected chi connectivity index (χ1v) is 8.63. The summed E-state index contributed by atoms with van der Waals surface area (Å²) in [6.45, 7) is 6.45. The molecular formula is C18H28N6O. The van der Waals surface area contributed by atoms with Crippen molar-refractivity contribution < 1.29 is 4.74 Å². The Morgan fingerprint density at radius 2 is 2.04 bits per heavy atom. The van der Waals surface area contributed by atoms with E-state index in [1.807, 2.05) is 23.7 Å². The number of nitrogens with zero attached hydrogens (tertiary/aromatic N) is 4. The van der Waals surface area contributed by atoms with Crippen LogP contribution in [0.15, 0.2) is 35.6 Å². The fraction of sp³-hybridized carbons (Fsp3) is 0.500. The van der Waals surface area contributed by atoms with E-state index in [2.05, 4.69) is 51.8 Å². The molecule has 2 aromatic rings. The second-order valence-electron chi connectivity index (χ2n) is 5.94. The predicted octanol–water partition coefficient (Wildman–Crippen LogP) is 2.07. The first-order valence-electron chi connectivity index (χ1n) is 8.63. The first kappa shape index (κ1) is 18.8. The molecule has 0 saturated heterocycles. The van der Waals surface area contributed by atoms with Crippen LogP contribution in [0, 0.1) is 0 Å². The lowest BCUT2D eigenvalue weighted by molar-refractivity contribution is 0.414. The molecule has 0 saturated carbocycles. The van der Waals surface area contributed by atoms with E-state index >= 15 is 0 Å². The third kappa shape index (κ3) is 5.77. The number of benzene rings is 1. The number of nitrogens with one attached hydrogen (secondary N) is 2. The van der Waals surface area contributed by atoms with Crippen LogP contribution >= 0.6 is 0 Å². The average Bonchev–Trinajstić information content (AvgIpc) is 3.04. The molecule has 0 bridgehead atoms. The van der Waals surface area contributed by atoms with Gasteiger partial charge in [-0.1, -0.05) is 19.1 Å². The number of hydrogen-bond donors (Lipinski definition) is 2. The summed E-state index contributed by atoms with van der Waals surface area (Å²) in [6.07, 6.45) is 2.70. The quantitative estimate of drug-likeness (QED) is 0.566. The van der Waals surface area contributed by atoms with Crippen molar-refractivity contribution >= 4 is 5.96 Å². The molecule has 0 aliphatic carbocycles. The third-order valence-corrected chi connectivity index (χ3v) is 4.08. The molecule has 136 valence electrons. The van der Waals surface area contributed by atoms with Crippen molar-refractivity contribution in [3.8, 4) is 5.75 Å². The Labute approximate surface area is 149 Å². The number of aliphatic imine (C=N–C) groups is 1. The van der Waals surface area contributed by atoms with Gasteiger partial charge in [-0.15, -0.1) is 10.2 Å². The fourth-order valence-electron chi connectivity index (χ4n) is 2.45. The van der Waals surface area contributed by atoms with Crippen molar-refractivity contribution in [1.82, 2.24) is 25.4 Å². The van der Waals surface area contributed by atoms with Crippen LogP contribution in [0.2, 0.25) is 0 Å². The second-order valence-corrected chi connectivity index (χ2v) is 5.94. The van der Waals surface area contributed by atoms with Crippen molar-refractivity contribution in [3.63, 3.8) is 0 Å². The topological polar surface area (TPSA) is 76.4 Å². The molecule has 0 amide bonds. The second kappa shape index (κ2) is 9.66. The standard InChI is InChI=1S/C18H28N6O/c1-5-19-18(21-12-17-23-22-13-24(17)3)20-11-10-14(2)15-6-8-16(25-4)9-7-15/h6-9,13-14H,5,10-12H2,1-4H3,(H2,19,20,21). The number of ether oxygens (including phenoxy) is 1. The summed E-state index contributed by atoms with van der Waals surface area (Å²) in [6, 6.07) is 8.26. The molecule has 2 rings (SSSR count). The van der Waals surface area contributed by atoms with Gasteiger partial charge in [-0.2, -0.15) is 0 Å². The zero-order chi connectivity index (χ0) is 18.1. The molecule has 1 aromatic heterocycles. The third-order valence-electron chi connectivity index (χ3n) is 4.08. The average molecular weight is 344 g/mol. The van der Waals surface area contributed by atoms with Crippen molar-refractivity contribution in [1.29, 1.82) is 0 Å². The Balaban J connectivity index is 1.84. The minimum absolute atomic E-state index is 0.458. The summed E-state index contributed by atoms with van der Waals surface area (Å²) in [5, 5.41) is 14.6. The smallest absolute Gasteiger partial charge is 0.191 e. The van der Waals surface area contributed by atoms with E-state index in [9.17, 15) is 0 Å². The van der Waals surface area contributed by atoms with Crippen molar-refractivity contribution in [2.75, 3.05) is 20.2 Å². The van der Waals surface area contributed by atoms with Crippen LogP contribution in [0.3, 0.4) is 0 Å². The molecule has 2 N–H and O–H groups in total. The van der Waals surface area contributed by atoms with E-state index < -0.39 is 0 Å². The van der Waals surface area contributed by atoms with Crippen LogP contribution in [0.25, 0.3) is 0 Å². The summed E-state index contributed by atoms with van der Waals surface area (Å²) in [5.41, 5.74) is 1.31. The highest BCUT2D eigenvalue weighted by atomic mass is 16.5. The Kier molecular flexibility index (Phi) is 7.25. The number of methoxy groups -OCH3 is 1. The number of hydrogen-bond acceptors (Lipinski definition) is 4. The zero-order valence-corrected chi connectivity index (χ0v) is 15.5. The van der Waals surface area contributed by atoms with Gasteiger partial charge >= 0.3 is 0 Å². The Hall–Kier alpha value is -2.57. The van der Waals surface area contributed by atoms with Crippen LogP contribution in [0.4, 0.5) is 0 Å². The van der Waals surface area contributed by atoms with Gasteiger partial charge in [0.15, 0.2) is 11.8 Å². The van der Waals surface area contributed by atoms with E-state index in [-0.39, 0.29) is 0 Å². The van der Waals surface area contributed by atoms with E-state index in [1.165, 1.54) is 5.56 Å². The normalized spacial score (nSPS) is 12.7. The lowest BCUT2D eigenvalue weighted by Gasteiger charge is -2.15. The molecule has 0 aliphatic rings. The van der Waals surface area contributed by atoms with Crippen LogP contribution in [-0.4, -0.2) is 40.9 Å². The number of rotatable bonds is 8. The van der Waals surface area contributed by atoms with Crippen molar-refractivity contribution in [2.45, 2.75) is 32.7 Å². The lowest BCUT2D eigenvalue weighted by atomic mass is 9.98. The molecule has 0 aliphatic heterocycles. The maximum atomic E-state index is 5.21. The van der Waals surface area contributed by atoms with Gasteiger partial charge in [0.05, 0.1) is 7.11 Å². The van der Waals surface area contributed by atoms with E-state index in [4.69, 9.17) is 4.74 Å². The summed E-state index contributed by atoms with van der Waals surface area (Å²) >= 11 is 0. The monoisotopic (exact) mass is 344 g/mol. The van der Waals surface area contributed by atoms with Crippen LogP contribution in [0.1, 0.15) is 37.6 Å². The molecule has 25 heavy (non-hydrogen) atoms. The molecule has 1 aromatic carbocycles. The van der Waals surface area contributed by atoms with Gasteiger partial charge in [0.2, 0.25) is 0 Å². The predicted molar refractivity (Wildman–Crippen MR) is 99.8 cm³/mol. The molecule has 7 nitrogen and oxygen atoms in total. The van der Waals surface area contributed by atoms with Crippen LogP contribution in [-0.2, 0) is 13.6 Å². The summed E-state index contributed by atoms with van der Waals surface area (Å²) in [5.74, 6) is 2.98. The lowest BCUT2D eigenvalue weighted by Crippen LogP contribution is -2.38. The number of guanidine groups is 1. The van der Waals surface area contributed by atoms with Gasteiger partial charge in [0, 0.05) is 20.1 Å². The van der Waals surface area contributed by atoms with Gasteiger partial charge in [0.25, 0.3) is 0 Å². The molecule has 0 radical (unpaired) electrons. The van der Waals surface area contributed by atoms with Crippen LogP contribution in [0.5, 0.6) is 5.75 Å². The molecular weight excluding hydrogens is 316 g/mol. The molecule has 0 fully saturated rings. The Morgan fingerprint density at radius 1 is 1.28 bits per heavy atom. The molecule has 0 spiro atoms. The summed E-state index contributed by atoms with van der Waals surface area (Å²) in [7, 11) is 3.60. The van der Waals surface area contributed by atoms with E-state index in [0.29, 0.717) is 12.5 Å². The summed E-state index contributed by atoms with van der Waals surface area (Å²) in [4.78, 5) is 4.56. The fourth-order valence-corrected chi connectivity index (χ4v) is 2.45. The van der Waals surface area contributed by atoms with Gasteiger partial charge in [-0.3, -0.25) is 0 Å². The van der Waals surface area contributed by atoms with Gasteiger partial charge in [-0.05, 0) is 37.0 Å². The minimum atomic E-state index is 0.458. The molecule has 1 unspecified atom stereocenters. The van der Waals surface area contributed by atoms with Gasteiger partial charge < -0.3 is 19.9 Å².